The quantitative estimate of drug-likeness (QED) is 0.820. The van der Waals surface area contributed by atoms with Crippen LogP contribution in [0.5, 0.6) is 0 Å². The summed E-state index contributed by atoms with van der Waals surface area (Å²) in [6, 6.07) is 0.745. The van der Waals surface area contributed by atoms with Crippen molar-refractivity contribution in [2.45, 2.75) is 46.1 Å². The van der Waals surface area contributed by atoms with Gasteiger partial charge in [0, 0.05) is 19.1 Å². The molecule has 1 aliphatic heterocycles. The molecule has 0 aromatic rings. The van der Waals surface area contributed by atoms with E-state index in [1.54, 1.807) is 0 Å². The van der Waals surface area contributed by atoms with Crippen molar-refractivity contribution < 1.29 is 0 Å². The molecule has 0 bridgehead atoms. The molecular formula is C13H27ClN2. The maximum absolute atomic E-state index is 3.48. The third-order valence-electron chi connectivity index (χ3n) is 4.80. The minimum Gasteiger partial charge on any atom is -0.316 e. The van der Waals surface area contributed by atoms with Gasteiger partial charge in [-0.2, -0.15) is 0 Å². The van der Waals surface area contributed by atoms with E-state index in [2.05, 4.69) is 38.0 Å². The van der Waals surface area contributed by atoms with Gasteiger partial charge in [0.2, 0.25) is 0 Å². The van der Waals surface area contributed by atoms with Crippen LogP contribution in [0.25, 0.3) is 0 Å². The van der Waals surface area contributed by atoms with E-state index in [1.165, 1.54) is 38.9 Å². The number of hydrogen-bond donors (Lipinski definition) is 1. The lowest BCUT2D eigenvalue weighted by atomic mass is 9.88. The monoisotopic (exact) mass is 246 g/mol. The Morgan fingerprint density at radius 1 is 1.25 bits per heavy atom. The fourth-order valence-corrected chi connectivity index (χ4v) is 2.89. The van der Waals surface area contributed by atoms with Crippen LogP contribution in [0.15, 0.2) is 0 Å². The topological polar surface area (TPSA) is 15.3 Å². The largest absolute Gasteiger partial charge is 0.316 e. The second kappa shape index (κ2) is 4.83. The highest BCUT2D eigenvalue weighted by Gasteiger charge is 2.45. The molecule has 2 nitrogen and oxygen atoms in total. The highest BCUT2D eigenvalue weighted by atomic mass is 35.5. The SMILES string of the molecule is CC(N(C)CC1(C)CCNC1)C1(C)CC1.Cl. The van der Waals surface area contributed by atoms with E-state index < -0.39 is 0 Å². The van der Waals surface area contributed by atoms with Crippen LogP contribution >= 0.6 is 12.4 Å². The molecule has 1 N–H and O–H groups in total. The highest BCUT2D eigenvalue weighted by Crippen LogP contribution is 2.49. The van der Waals surface area contributed by atoms with Gasteiger partial charge in [-0.3, -0.25) is 0 Å². The minimum absolute atomic E-state index is 0. The Bertz CT molecular complexity index is 232. The van der Waals surface area contributed by atoms with Crippen molar-refractivity contribution in [1.29, 1.82) is 0 Å². The van der Waals surface area contributed by atoms with E-state index in [0.29, 0.717) is 10.8 Å². The van der Waals surface area contributed by atoms with Crippen LogP contribution in [0.3, 0.4) is 0 Å². The van der Waals surface area contributed by atoms with Crippen LogP contribution in [-0.2, 0) is 0 Å². The van der Waals surface area contributed by atoms with E-state index in [4.69, 9.17) is 0 Å². The first kappa shape index (κ1) is 14.3. The maximum atomic E-state index is 3.48. The van der Waals surface area contributed by atoms with Gasteiger partial charge in [0.05, 0.1) is 0 Å². The summed E-state index contributed by atoms with van der Waals surface area (Å²) < 4.78 is 0. The van der Waals surface area contributed by atoms with Gasteiger partial charge in [0.25, 0.3) is 0 Å². The summed E-state index contributed by atoms with van der Waals surface area (Å²) in [5.74, 6) is 0. The molecule has 2 fully saturated rings. The number of halogens is 1. The Morgan fingerprint density at radius 2 is 1.88 bits per heavy atom. The van der Waals surface area contributed by atoms with Crippen molar-refractivity contribution in [1.82, 2.24) is 10.2 Å². The molecule has 1 saturated carbocycles. The Labute approximate surface area is 107 Å². The van der Waals surface area contributed by atoms with Gasteiger partial charge in [-0.15, -0.1) is 12.4 Å². The summed E-state index contributed by atoms with van der Waals surface area (Å²) in [6.07, 6.45) is 4.18. The average molecular weight is 247 g/mol. The summed E-state index contributed by atoms with van der Waals surface area (Å²) in [6.45, 7) is 10.9. The van der Waals surface area contributed by atoms with E-state index in [-0.39, 0.29) is 12.4 Å². The van der Waals surface area contributed by atoms with Gasteiger partial charge in [-0.05, 0) is 50.6 Å². The van der Waals surface area contributed by atoms with Gasteiger partial charge >= 0.3 is 0 Å². The Kier molecular flexibility index (Phi) is 4.31. The summed E-state index contributed by atoms with van der Waals surface area (Å²) >= 11 is 0. The van der Waals surface area contributed by atoms with Crippen LogP contribution in [0, 0.1) is 10.8 Å². The molecule has 3 heteroatoms. The van der Waals surface area contributed by atoms with Crippen molar-refractivity contribution in [3.8, 4) is 0 Å². The smallest absolute Gasteiger partial charge is 0.0118 e. The number of nitrogens with one attached hydrogen (secondary N) is 1. The zero-order valence-electron chi connectivity index (χ0n) is 11.2. The predicted octanol–water partition coefficient (Wildman–Crippen LogP) is 2.53. The third kappa shape index (κ3) is 2.91. The Balaban J connectivity index is 0.00000128. The Morgan fingerprint density at radius 3 is 2.31 bits per heavy atom. The lowest BCUT2D eigenvalue weighted by molar-refractivity contribution is 0.127. The molecule has 2 atom stereocenters. The maximum Gasteiger partial charge on any atom is 0.0118 e. The zero-order chi connectivity index (χ0) is 11.1. The van der Waals surface area contributed by atoms with Crippen molar-refractivity contribution in [2.24, 2.45) is 10.8 Å². The van der Waals surface area contributed by atoms with Gasteiger partial charge in [-0.1, -0.05) is 13.8 Å². The first-order valence-electron chi connectivity index (χ1n) is 6.36. The van der Waals surface area contributed by atoms with Crippen molar-refractivity contribution in [2.75, 3.05) is 26.7 Å². The molecule has 2 aliphatic rings. The van der Waals surface area contributed by atoms with Gasteiger partial charge < -0.3 is 10.2 Å². The number of hydrogen-bond acceptors (Lipinski definition) is 2. The zero-order valence-corrected chi connectivity index (χ0v) is 12.0. The predicted molar refractivity (Wildman–Crippen MR) is 72.3 cm³/mol. The lowest BCUT2D eigenvalue weighted by Crippen LogP contribution is -2.43. The summed E-state index contributed by atoms with van der Waals surface area (Å²) in [5, 5.41) is 3.48. The standard InChI is InChI=1S/C13H26N2.ClH/c1-11(13(3)5-6-13)15(4)10-12(2)7-8-14-9-12;/h11,14H,5-10H2,1-4H3;1H. The van der Waals surface area contributed by atoms with Gasteiger partial charge in [0.15, 0.2) is 0 Å². The lowest BCUT2D eigenvalue weighted by Gasteiger charge is -2.36. The molecule has 0 aromatic heterocycles. The number of rotatable bonds is 4. The summed E-state index contributed by atoms with van der Waals surface area (Å²) in [7, 11) is 2.30. The Hall–Kier alpha value is 0.210. The molecule has 0 aromatic carbocycles. The summed E-state index contributed by atoms with van der Waals surface area (Å²) in [5.41, 5.74) is 1.13. The fourth-order valence-electron chi connectivity index (χ4n) is 2.89. The molecule has 0 spiro atoms. The van der Waals surface area contributed by atoms with Gasteiger partial charge in [0.1, 0.15) is 0 Å². The summed E-state index contributed by atoms with van der Waals surface area (Å²) in [4.78, 5) is 2.58. The molecule has 1 heterocycles. The average Bonchev–Trinajstić information content (AvgIpc) is 2.78. The molecule has 0 radical (unpaired) electrons. The van der Waals surface area contributed by atoms with Crippen molar-refractivity contribution >= 4 is 12.4 Å². The van der Waals surface area contributed by atoms with E-state index in [1.807, 2.05) is 0 Å². The normalized spacial score (nSPS) is 33.6. The first-order valence-corrected chi connectivity index (χ1v) is 6.36. The number of nitrogens with zero attached hydrogens (tertiary/aromatic N) is 1. The third-order valence-corrected chi connectivity index (χ3v) is 4.80. The van der Waals surface area contributed by atoms with Crippen molar-refractivity contribution in [3.05, 3.63) is 0 Å². The first-order chi connectivity index (χ1) is 6.95. The van der Waals surface area contributed by atoms with Crippen LogP contribution in [0.2, 0.25) is 0 Å². The molecular weight excluding hydrogens is 220 g/mol. The van der Waals surface area contributed by atoms with Crippen LogP contribution in [0.1, 0.15) is 40.0 Å². The van der Waals surface area contributed by atoms with Crippen molar-refractivity contribution in [3.63, 3.8) is 0 Å². The molecule has 0 amide bonds. The molecule has 1 aliphatic carbocycles. The second-order valence-electron chi connectivity index (χ2n) is 6.48. The molecule has 16 heavy (non-hydrogen) atoms. The fraction of sp³-hybridized carbons (Fsp3) is 1.00. The molecule has 2 unspecified atom stereocenters. The molecule has 96 valence electrons. The van der Waals surface area contributed by atoms with Crippen LogP contribution in [-0.4, -0.2) is 37.6 Å². The van der Waals surface area contributed by atoms with Gasteiger partial charge in [-0.25, -0.2) is 0 Å². The minimum atomic E-state index is 0. The molecule has 2 rings (SSSR count). The molecule has 1 saturated heterocycles. The van der Waals surface area contributed by atoms with Crippen LogP contribution in [0.4, 0.5) is 0 Å². The van der Waals surface area contributed by atoms with E-state index >= 15 is 0 Å². The van der Waals surface area contributed by atoms with Crippen LogP contribution < -0.4 is 5.32 Å². The second-order valence-corrected chi connectivity index (χ2v) is 6.48. The van der Waals surface area contributed by atoms with E-state index in [0.717, 1.165) is 6.04 Å². The van der Waals surface area contributed by atoms with E-state index in [9.17, 15) is 0 Å². The highest BCUT2D eigenvalue weighted by molar-refractivity contribution is 5.85.